The number of hydrogen-bond acceptors (Lipinski definition) is 4. The summed E-state index contributed by atoms with van der Waals surface area (Å²) in [7, 11) is 0. The van der Waals surface area contributed by atoms with Crippen LogP contribution < -0.4 is 5.32 Å². The molecule has 0 saturated carbocycles. The zero-order valence-corrected chi connectivity index (χ0v) is 11.9. The van der Waals surface area contributed by atoms with E-state index in [1.165, 1.54) is 16.9 Å². The summed E-state index contributed by atoms with van der Waals surface area (Å²) in [6, 6.07) is 1.35. The number of aromatic carboxylic acids is 1. The SMILES string of the molecule is CCn1ncc(CNC(=O)Cn2ccc(C(=O)O)n2)c1C. The van der Waals surface area contributed by atoms with Crippen molar-refractivity contribution in [2.45, 2.75) is 33.5 Å². The summed E-state index contributed by atoms with van der Waals surface area (Å²) >= 11 is 0. The van der Waals surface area contributed by atoms with Crippen molar-refractivity contribution in [2.75, 3.05) is 0 Å². The van der Waals surface area contributed by atoms with Crippen molar-refractivity contribution in [1.82, 2.24) is 24.9 Å². The fourth-order valence-electron chi connectivity index (χ4n) is 1.94. The van der Waals surface area contributed by atoms with Crippen LogP contribution in [0, 0.1) is 6.92 Å². The van der Waals surface area contributed by atoms with E-state index in [9.17, 15) is 9.59 Å². The Kier molecular flexibility index (Phi) is 4.36. The number of amides is 1. The smallest absolute Gasteiger partial charge is 0.356 e. The maximum atomic E-state index is 11.8. The molecular formula is C13H17N5O3. The van der Waals surface area contributed by atoms with Crippen molar-refractivity contribution >= 4 is 11.9 Å². The molecule has 8 nitrogen and oxygen atoms in total. The highest BCUT2D eigenvalue weighted by Gasteiger charge is 2.10. The number of hydrogen-bond donors (Lipinski definition) is 2. The van der Waals surface area contributed by atoms with Crippen LogP contribution in [0.3, 0.4) is 0 Å². The van der Waals surface area contributed by atoms with Crippen molar-refractivity contribution in [1.29, 1.82) is 0 Å². The predicted molar refractivity (Wildman–Crippen MR) is 73.7 cm³/mol. The standard InChI is InChI=1S/C13H17N5O3/c1-3-18-9(2)10(7-15-18)6-14-12(19)8-17-5-4-11(16-17)13(20)21/h4-5,7H,3,6,8H2,1-2H3,(H,14,19)(H,20,21). The lowest BCUT2D eigenvalue weighted by Crippen LogP contribution is -2.27. The quantitative estimate of drug-likeness (QED) is 0.803. The summed E-state index contributed by atoms with van der Waals surface area (Å²) in [5, 5.41) is 19.5. The van der Waals surface area contributed by atoms with Gasteiger partial charge in [-0.15, -0.1) is 0 Å². The molecule has 2 aromatic rings. The van der Waals surface area contributed by atoms with E-state index >= 15 is 0 Å². The van der Waals surface area contributed by atoms with Gasteiger partial charge in [-0.2, -0.15) is 10.2 Å². The maximum Gasteiger partial charge on any atom is 0.356 e. The van der Waals surface area contributed by atoms with Gasteiger partial charge in [0.25, 0.3) is 0 Å². The minimum atomic E-state index is -1.11. The summed E-state index contributed by atoms with van der Waals surface area (Å²) in [5.41, 5.74) is 1.89. The van der Waals surface area contributed by atoms with Crippen molar-refractivity contribution in [3.63, 3.8) is 0 Å². The van der Waals surface area contributed by atoms with E-state index in [0.29, 0.717) is 6.54 Å². The van der Waals surface area contributed by atoms with Crippen LogP contribution >= 0.6 is 0 Å². The van der Waals surface area contributed by atoms with Gasteiger partial charge in [-0.1, -0.05) is 0 Å². The molecule has 0 radical (unpaired) electrons. The first-order chi connectivity index (χ1) is 10.0. The zero-order chi connectivity index (χ0) is 15.4. The average molecular weight is 291 g/mol. The molecule has 0 unspecified atom stereocenters. The fraction of sp³-hybridized carbons (Fsp3) is 0.385. The summed E-state index contributed by atoms with van der Waals surface area (Å²) in [5.74, 6) is -1.35. The second-order valence-corrected chi connectivity index (χ2v) is 4.55. The Bertz CT molecular complexity index is 659. The molecule has 0 atom stereocenters. The van der Waals surface area contributed by atoms with E-state index in [1.807, 2.05) is 18.5 Å². The van der Waals surface area contributed by atoms with Crippen LogP contribution in [0.4, 0.5) is 0 Å². The summed E-state index contributed by atoms with van der Waals surface area (Å²) in [6.45, 7) is 5.10. The first kappa shape index (κ1) is 14.8. The Labute approximate surface area is 121 Å². The molecule has 2 N–H and O–H groups in total. The van der Waals surface area contributed by atoms with Crippen molar-refractivity contribution in [2.24, 2.45) is 0 Å². The molecule has 2 heterocycles. The molecule has 0 fully saturated rings. The summed E-state index contributed by atoms with van der Waals surface area (Å²) < 4.78 is 3.15. The lowest BCUT2D eigenvalue weighted by atomic mass is 10.2. The van der Waals surface area contributed by atoms with Gasteiger partial charge in [-0.3, -0.25) is 14.2 Å². The number of carboxylic acid groups (broad SMARTS) is 1. The topological polar surface area (TPSA) is 102 Å². The van der Waals surface area contributed by atoms with Crippen molar-refractivity contribution < 1.29 is 14.7 Å². The molecule has 1 amide bonds. The molecule has 0 aliphatic rings. The molecule has 21 heavy (non-hydrogen) atoms. The number of aryl methyl sites for hydroxylation is 1. The number of aromatic nitrogens is 4. The highest BCUT2D eigenvalue weighted by Crippen LogP contribution is 2.06. The maximum absolute atomic E-state index is 11.8. The van der Waals surface area contributed by atoms with Gasteiger partial charge in [0.15, 0.2) is 5.69 Å². The summed E-state index contributed by atoms with van der Waals surface area (Å²) in [4.78, 5) is 22.5. The largest absolute Gasteiger partial charge is 0.476 e. The van der Waals surface area contributed by atoms with Crippen LogP contribution in [0.1, 0.15) is 28.7 Å². The highest BCUT2D eigenvalue weighted by molar-refractivity contribution is 5.85. The predicted octanol–water partition coefficient (Wildman–Crippen LogP) is 0.423. The first-order valence-electron chi connectivity index (χ1n) is 6.56. The van der Waals surface area contributed by atoms with Crippen molar-refractivity contribution in [3.8, 4) is 0 Å². The molecular weight excluding hydrogens is 274 g/mol. The van der Waals surface area contributed by atoms with Crippen molar-refractivity contribution in [3.05, 3.63) is 35.4 Å². The van der Waals surface area contributed by atoms with Crippen LogP contribution in [0.2, 0.25) is 0 Å². The van der Waals surface area contributed by atoms with Crippen LogP contribution in [0.15, 0.2) is 18.5 Å². The molecule has 0 bridgehead atoms. The first-order valence-corrected chi connectivity index (χ1v) is 6.56. The minimum absolute atomic E-state index is 0.0196. The molecule has 2 rings (SSSR count). The van der Waals surface area contributed by atoms with Gasteiger partial charge in [-0.05, 0) is 19.9 Å². The van der Waals surface area contributed by atoms with Crippen LogP contribution in [-0.2, 0) is 24.4 Å². The Morgan fingerprint density at radius 3 is 2.76 bits per heavy atom. The number of nitrogens with one attached hydrogen (secondary N) is 1. The second kappa shape index (κ2) is 6.21. The number of nitrogens with zero attached hydrogens (tertiary/aromatic N) is 4. The van der Waals surface area contributed by atoms with Crippen LogP contribution in [0.5, 0.6) is 0 Å². The number of rotatable bonds is 6. The third kappa shape index (κ3) is 3.47. The molecule has 0 aliphatic carbocycles. The zero-order valence-electron chi connectivity index (χ0n) is 11.9. The van der Waals surface area contributed by atoms with E-state index in [2.05, 4.69) is 15.5 Å². The van der Waals surface area contributed by atoms with E-state index in [4.69, 9.17) is 5.11 Å². The van der Waals surface area contributed by atoms with Crippen LogP contribution in [-0.4, -0.2) is 36.5 Å². The number of carboxylic acids is 1. The fourth-order valence-corrected chi connectivity index (χ4v) is 1.94. The third-order valence-electron chi connectivity index (χ3n) is 3.15. The second-order valence-electron chi connectivity index (χ2n) is 4.55. The van der Waals surface area contributed by atoms with E-state index in [1.54, 1.807) is 6.20 Å². The molecule has 0 aliphatic heterocycles. The third-order valence-corrected chi connectivity index (χ3v) is 3.15. The van der Waals surface area contributed by atoms with Gasteiger partial charge in [0.05, 0.1) is 6.20 Å². The van der Waals surface area contributed by atoms with E-state index < -0.39 is 5.97 Å². The summed E-state index contributed by atoms with van der Waals surface area (Å²) in [6.07, 6.45) is 3.19. The molecule has 112 valence electrons. The lowest BCUT2D eigenvalue weighted by molar-refractivity contribution is -0.122. The highest BCUT2D eigenvalue weighted by atomic mass is 16.4. The molecule has 0 saturated heterocycles. The molecule has 0 aromatic carbocycles. The van der Waals surface area contributed by atoms with Gasteiger partial charge in [0.2, 0.25) is 5.91 Å². The lowest BCUT2D eigenvalue weighted by Gasteiger charge is -2.05. The molecule has 8 heteroatoms. The van der Waals surface area contributed by atoms with E-state index in [0.717, 1.165) is 17.8 Å². The Balaban J connectivity index is 1.89. The van der Waals surface area contributed by atoms with Crippen LogP contribution in [0.25, 0.3) is 0 Å². The number of carbonyl (C=O) groups excluding carboxylic acids is 1. The molecule has 0 spiro atoms. The Hall–Kier alpha value is -2.64. The normalized spacial score (nSPS) is 10.6. The van der Waals surface area contributed by atoms with E-state index in [-0.39, 0.29) is 18.1 Å². The van der Waals surface area contributed by atoms with Gasteiger partial charge >= 0.3 is 5.97 Å². The Morgan fingerprint density at radius 2 is 2.19 bits per heavy atom. The van der Waals surface area contributed by atoms with Gasteiger partial charge in [0, 0.05) is 30.5 Å². The monoisotopic (exact) mass is 291 g/mol. The Morgan fingerprint density at radius 1 is 1.43 bits per heavy atom. The minimum Gasteiger partial charge on any atom is -0.476 e. The number of carbonyl (C=O) groups is 2. The van der Waals surface area contributed by atoms with Gasteiger partial charge in [-0.25, -0.2) is 4.79 Å². The average Bonchev–Trinajstić information content (AvgIpc) is 3.03. The van der Waals surface area contributed by atoms with Gasteiger partial charge in [0.1, 0.15) is 6.54 Å². The van der Waals surface area contributed by atoms with Gasteiger partial charge < -0.3 is 10.4 Å². The molecule has 2 aromatic heterocycles.